The van der Waals surface area contributed by atoms with E-state index in [-0.39, 0.29) is 5.91 Å². The van der Waals surface area contributed by atoms with Crippen molar-refractivity contribution >= 4 is 5.91 Å². The Morgan fingerprint density at radius 3 is 2.53 bits per heavy atom. The van der Waals surface area contributed by atoms with Crippen LogP contribution in [0.4, 0.5) is 0 Å². The molecule has 1 aromatic carbocycles. The molecule has 0 aromatic heterocycles. The fourth-order valence-electron chi connectivity index (χ4n) is 1.77. The van der Waals surface area contributed by atoms with Gasteiger partial charge in [0.05, 0.1) is 6.10 Å². The minimum absolute atomic E-state index is 0.0837. The zero-order valence-electron chi connectivity index (χ0n) is 11.7. The molecule has 0 saturated heterocycles. The van der Waals surface area contributed by atoms with Crippen molar-refractivity contribution in [3.63, 3.8) is 0 Å². The van der Waals surface area contributed by atoms with Crippen molar-refractivity contribution in [2.24, 2.45) is 5.92 Å². The number of aliphatic hydroxyl groups is 1. The summed E-state index contributed by atoms with van der Waals surface area (Å²) in [6, 6.07) is 9.54. The molecule has 0 saturated carbocycles. The van der Waals surface area contributed by atoms with Gasteiger partial charge in [0.2, 0.25) is 5.91 Å². The van der Waals surface area contributed by atoms with Crippen LogP contribution in [0.3, 0.4) is 0 Å². The predicted molar refractivity (Wildman–Crippen MR) is 76.7 cm³/mol. The highest BCUT2D eigenvalue weighted by molar-refractivity contribution is 5.75. The molecule has 19 heavy (non-hydrogen) atoms. The molecule has 1 unspecified atom stereocenters. The Bertz CT molecular complexity index is 366. The minimum Gasteiger partial charge on any atom is -0.387 e. The first kappa shape index (κ1) is 15.7. The van der Waals surface area contributed by atoms with Crippen LogP contribution in [0.1, 0.15) is 31.9 Å². The van der Waals surface area contributed by atoms with E-state index in [0.29, 0.717) is 32.0 Å². The molecule has 0 aliphatic heterocycles. The van der Waals surface area contributed by atoms with Crippen LogP contribution in [-0.2, 0) is 4.79 Å². The van der Waals surface area contributed by atoms with Gasteiger partial charge in [0.25, 0.3) is 0 Å². The SMILES string of the molecule is CC(C)CC(=O)NCCNCC(O)c1ccccc1. The lowest BCUT2D eigenvalue weighted by atomic mass is 10.1. The number of hydrogen-bond acceptors (Lipinski definition) is 3. The lowest BCUT2D eigenvalue weighted by Crippen LogP contribution is -2.33. The van der Waals surface area contributed by atoms with E-state index < -0.39 is 6.10 Å². The summed E-state index contributed by atoms with van der Waals surface area (Å²) in [7, 11) is 0. The maximum atomic E-state index is 11.4. The molecule has 0 spiro atoms. The largest absolute Gasteiger partial charge is 0.387 e. The van der Waals surface area contributed by atoms with Gasteiger partial charge in [-0.2, -0.15) is 0 Å². The standard InChI is InChI=1S/C15H24N2O2/c1-12(2)10-15(19)17-9-8-16-11-14(18)13-6-4-3-5-7-13/h3-7,12,14,16,18H,8-11H2,1-2H3,(H,17,19). The Hall–Kier alpha value is -1.39. The van der Waals surface area contributed by atoms with Crippen molar-refractivity contribution in [3.05, 3.63) is 35.9 Å². The molecule has 0 aliphatic rings. The van der Waals surface area contributed by atoms with Crippen molar-refractivity contribution < 1.29 is 9.90 Å². The van der Waals surface area contributed by atoms with E-state index in [1.54, 1.807) is 0 Å². The van der Waals surface area contributed by atoms with Crippen molar-refractivity contribution in [2.75, 3.05) is 19.6 Å². The van der Waals surface area contributed by atoms with E-state index >= 15 is 0 Å². The van der Waals surface area contributed by atoms with Gasteiger partial charge >= 0.3 is 0 Å². The Morgan fingerprint density at radius 1 is 1.21 bits per heavy atom. The van der Waals surface area contributed by atoms with Gasteiger partial charge in [-0.05, 0) is 11.5 Å². The highest BCUT2D eigenvalue weighted by Gasteiger charge is 2.06. The van der Waals surface area contributed by atoms with Gasteiger partial charge < -0.3 is 15.7 Å². The third kappa shape index (κ3) is 6.94. The van der Waals surface area contributed by atoms with Crippen molar-refractivity contribution in [1.82, 2.24) is 10.6 Å². The van der Waals surface area contributed by atoms with Crippen LogP contribution in [0.25, 0.3) is 0 Å². The molecular formula is C15H24N2O2. The smallest absolute Gasteiger partial charge is 0.220 e. The Kier molecular flexibility index (Phi) is 7.15. The van der Waals surface area contributed by atoms with Gasteiger partial charge in [-0.15, -0.1) is 0 Å². The first-order valence-corrected chi connectivity index (χ1v) is 6.80. The topological polar surface area (TPSA) is 61.4 Å². The van der Waals surface area contributed by atoms with Crippen LogP contribution >= 0.6 is 0 Å². The number of aliphatic hydroxyl groups excluding tert-OH is 1. The van der Waals surface area contributed by atoms with Gasteiger partial charge in [-0.3, -0.25) is 4.79 Å². The Labute approximate surface area is 115 Å². The molecule has 1 atom stereocenters. The molecule has 0 bridgehead atoms. The fourth-order valence-corrected chi connectivity index (χ4v) is 1.77. The van der Waals surface area contributed by atoms with Gasteiger partial charge in [-0.25, -0.2) is 0 Å². The van der Waals surface area contributed by atoms with Crippen LogP contribution in [0.5, 0.6) is 0 Å². The molecule has 4 nitrogen and oxygen atoms in total. The van der Waals surface area contributed by atoms with Gasteiger partial charge in [0.15, 0.2) is 0 Å². The fraction of sp³-hybridized carbons (Fsp3) is 0.533. The average Bonchev–Trinajstić information content (AvgIpc) is 2.38. The summed E-state index contributed by atoms with van der Waals surface area (Å²) in [5.41, 5.74) is 0.902. The molecular weight excluding hydrogens is 240 g/mol. The molecule has 1 aromatic rings. The zero-order valence-corrected chi connectivity index (χ0v) is 11.7. The lowest BCUT2D eigenvalue weighted by molar-refractivity contribution is -0.121. The molecule has 0 heterocycles. The van der Waals surface area contributed by atoms with Crippen molar-refractivity contribution in [2.45, 2.75) is 26.4 Å². The molecule has 0 aliphatic carbocycles. The Morgan fingerprint density at radius 2 is 1.89 bits per heavy atom. The maximum absolute atomic E-state index is 11.4. The van der Waals surface area contributed by atoms with E-state index in [1.807, 2.05) is 44.2 Å². The quantitative estimate of drug-likeness (QED) is 0.623. The first-order chi connectivity index (χ1) is 9.09. The van der Waals surface area contributed by atoms with Crippen molar-refractivity contribution in [1.29, 1.82) is 0 Å². The van der Waals surface area contributed by atoms with Crippen LogP contribution in [0, 0.1) is 5.92 Å². The highest BCUT2D eigenvalue weighted by Crippen LogP contribution is 2.10. The summed E-state index contributed by atoms with van der Waals surface area (Å²) in [5, 5.41) is 15.9. The molecule has 4 heteroatoms. The minimum atomic E-state index is -0.507. The molecule has 106 valence electrons. The third-order valence-electron chi connectivity index (χ3n) is 2.74. The number of amides is 1. The summed E-state index contributed by atoms with van der Waals surface area (Å²) < 4.78 is 0. The second-order valence-corrected chi connectivity index (χ2v) is 5.08. The molecule has 1 rings (SSSR count). The van der Waals surface area contributed by atoms with Gasteiger partial charge in [0.1, 0.15) is 0 Å². The van der Waals surface area contributed by atoms with Crippen LogP contribution in [0.15, 0.2) is 30.3 Å². The second kappa shape index (κ2) is 8.67. The number of rotatable bonds is 8. The summed E-state index contributed by atoms with van der Waals surface area (Å²) in [5.74, 6) is 0.466. The Balaban J connectivity index is 2.09. The van der Waals surface area contributed by atoms with Crippen LogP contribution in [-0.4, -0.2) is 30.6 Å². The number of benzene rings is 1. The summed E-state index contributed by atoms with van der Waals surface area (Å²) in [6.45, 7) is 5.78. The van der Waals surface area contributed by atoms with Gasteiger partial charge in [0, 0.05) is 26.1 Å². The maximum Gasteiger partial charge on any atom is 0.220 e. The van der Waals surface area contributed by atoms with Crippen LogP contribution in [0.2, 0.25) is 0 Å². The van der Waals surface area contributed by atoms with E-state index in [2.05, 4.69) is 10.6 Å². The van der Waals surface area contributed by atoms with Crippen LogP contribution < -0.4 is 10.6 Å². The number of carbonyl (C=O) groups is 1. The highest BCUT2D eigenvalue weighted by atomic mass is 16.3. The lowest BCUT2D eigenvalue weighted by Gasteiger charge is -2.12. The average molecular weight is 264 g/mol. The van der Waals surface area contributed by atoms with E-state index in [9.17, 15) is 9.90 Å². The molecule has 0 radical (unpaired) electrons. The van der Waals surface area contributed by atoms with E-state index in [0.717, 1.165) is 5.56 Å². The molecule has 3 N–H and O–H groups in total. The summed E-state index contributed by atoms with van der Waals surface area (Å²) >= 11 is 0. The van der Waals surface area contributed by atoms with Gasteiger partial charge in [-0.1, -0.05) is 44.2 Å². The predicted octanol–water partition coefficient (Wildman–Crippen LogP) is 1.47. The van der Waals surface area contributed by atoms with E-state index in [1.165, 1.54) is 0 Å². The first-order valence-electron chi connectivity index (χ1n) is 6.80. The number of hydrogen-bond donors (Lipinski definition) is 3. The number of carbonyl (C=O) groups excluding carboxylic acids is 1. The summed E-state index contributed by atoms with van der Waals surface area (Å²) in [6.07, 6.45) is 0.0553. The van der Waals surface area contributed by atoms with E-state index in [4.69, 9.17) is 0 Å². The normalized spacial score (nSPS) is 12.4. The summed E-state index contributed by atoms with van der Waals surface area (Å²) in [4.78, 5) is 11.4. The van der Waals surface area contributed by atoms with Crippen molar-refractivity contribution in [3.8, 4) is 0 Å². The molecule has 1 amide bonds. The monoisotopic (exact) mass is 264 g/mol. The number of nitrogens with one attached hydrogen (secondary N) is 2. The molecule has 0 fully saturated rings. The third-order valence-corrected chi connectivity index (χ3v) is 2.74. The second-order valence-electron chi connectivity index (χ2n) is 5.08. The zero-order chi connectivity index (χ0) is 14.1.